The highest BCUT2D eigenvalue weighted by atomic mass is 79.9. The Morgan fingerprint density at radius 3 is 2.45 bits per heavy atom. The lowest BCUT2D eigenvalue weighted by Crippen LogP contribution is -2.13. The van der Waals surface area contributed by atoms with Crippen molar-refractivity contribution in [2.45, 2.75) is 11.8 Å². The lowest BCUT2D eigenvalue weighted by Gasteiger charge is -2.11. The van der Waals surface area contributed by atoms with E-state index >= 15 is 0 Å². The Morgan fingerprint density at radius 1 is 1.10 bits per heavy atom. The van der Waals surface area contributed by atoms with Gasteiger partial charge in [-0.3, -0.25) is 4.72 Å². The van der Waals surface area contributed by atoms with Crippen LogP contribution < -0.4 is 4.72 Å². The summed E-state index contributed by atoms with van der Waals surface area (Å²) in [7, 11) is -3.71. The number of aryl methyl sites for hydroxylation is 1. The number of benzene rings is 2. The smallest absolute Gasteiger partial charge is 0.261 e. The second kappa shape index (κ2) is 5.93. The van der Waals surface area contributed by atoms with E-state index in [1.54, 1.807) is 12.1 Å². The van der Waals surface area contributed by atoms with Crippen LogP contribution in [0, 0.1) is 6.92 Å². The van der Waals surface area contributed by atoms with Crippen molar-refractivity contribution in [3.05, 3.63) is 56.5 Å². The van der Waals surface area contributed by atoms with E-state index in [2.05, 4.69) is 20.7 Å². The predicted molar refractivity (Wildman–Crippen MR) is 86.1 cm³/mol. The van der Waals surface area contributed by atoms with Gasteiger partial charge in [-0.1, -0.05) is 35.3 Å². The fraction of sp³-hybridized carbons (Fsp3) is 0.0769. The van der Waals surface area contributed by atoms with E-state index in [9.17, 15) is 8.42 Å². The third-order valence-corrected chi connectivity index (χ3v) is 5.79. The Morgan fingerprint density at radius 2 is 1.80 bits per heavy atom. The summed E-state index contributed by atoms with van der Waals surface area (Å²) in [6, 6.07) is 9.49. The molecule has 0 bridgehead atoms. The lowest BCUT2D eigenvalue weighted by atomic mass is 10.2. The summed E-state index contributed by atoms with van der Waals surface area (Å²) in [6.45, 7) is 1.88. The van der Waals surface area contributed by atoms with Gasteiger partial charge >= 0.3 is 0 Å². The topological polar surface area (TPSA) is 46.2 Å². The minimum atomic E-state index is -3.71. The molecule has 0 amide bonds. The van der Waals surface area contributed by atoms with E-state index < -0.39 is 10.0 Å². The molecule has 1 N–H and O–H groups in total. The van der Waals surface area contributed by atoms with Crippen molar-refractivity contribution in [1.29, 1.82) is 0 Å². The van der Waals surface area contributed by atoms with Gasteiger partial charge in [0.15, 0.2) is 0 Å². The van der Waals surface area contributed by atoms with Crippen LogP contribution in [-0.4, -0.2) is 8.42 Å². The van der Waals surface area contributed by atoms with Crippen LogP contribution >= 0.6 is 39.1 Å². The summed E-state index contributed by atoms with van der Waals surface area (Å²) < 4.78 is 27.8. The van der Waals surface area contributed by atoms with Gasteiger partial charge in [0.2, 0.25) is 0 Å². The molecule has 0 aliphatic rings. The number of rotatable bonds is 3. The highest BCUT2D eigenvalue weighted by molar-refractivity contribution is 9.10. The van der Waals surface area contributed by atoms with Crippen molar-refractivity contribution in [3.63, 3.8) is 0 Å². The fourth-order valence-corrected chi connectivity index (χ4v) is 3.53. The maximum atomic E-state index is 12.3. The number of anilines is 1. The molecule has 20 heavy (non-hydrogen) atoms. The largest absolute Gasteiger partial charge is 0.278 e. The van der Waals surface area contributed by atoms with Gasteiger partial charge in [0.1, 0.15) is 0 Å². The van der Waals surface area contributed by atoms with Crippen molar-refractivity contribution >= 4 is 54.8 Å². The van der Waals surface area contributed by atoms with Gasteiger partial charge in [-0.15, -0.1) is 0 Å². The number of sulfonamides is 1. The van der Waals surface area contributed by atoms with Gasteiger partial charge in [-0.05, 0) is 52.7 Å². The molecule has 106 valence electrons. The molecule has 0 aromatic heterocycles. The second-order valence-electron chi connectivity index (χ2n) is 4.12. The molecule has 2 aromatic rings. The third kappa shape index (κ3) is 3.28. The first-order valence-corrected chi connectivity index (χ1v) is 8.57. The van der Waals surface area contributed by atoms with Crippen molar-refractivity contribution in [2.24, 2.45) is 0 Å². The minimum Gasteiger partial charge on any atom is -0.278 e. The summed E-state index contributed by atoms with van der Waals surface area (Å²) >= 11 is 15.0. The van der Waals surface area contributed by atoms with Crippen LogP contribution in [0.3, 0.4) is 0 Å². The van der Waals surface area contributed by atoms with Crippen LogP contribution in [0.4, 0.5) is 5.69 Å². The average Bonchev–Trinajstić information content (AvgIpc) is 2.38. The quantitative estimate of drug-likeness (QED) is 0.807. The Hall–Kier alpha value is -0.750. The molecule has 0 atom stereocenters. The standard InChI is InChI=1S/C13H10BrCl2NO2S/c1-8-3-2-4-12(13(8)14)17-20(18,19)9-5-6-10(15)11(16)7-9/h2-7,17H,1H3. The lowest BCUT2D eigenvalue weighted by molar-refractivity contribution is 0.601. The molecular weight excluding hydrogens is 385 g/mol. The van der Waals surface area contributed by atoms with E-state index in [1.165, 1.54) is 18.2 Å². The first-order valence-electron chi connectivity index (χ1n) is 5.54. The molecule has 0 radical (unpaired) electrons. The minimum absolute atomic E-state index is 0.0558. The molecule has 0 heterocycles. The molecule has 0 fully saturated rings. The van der Waals surface area contributed by atoms with Gasteiger partial charge < -0.3 is 0 Å². The molecule has 0 saturated carbocycles. The van der Waals surface area contributed by atoms with Crippen LogP contribution in [0.2, 0.25) is 10.0 Å². The summed E-state index contributed by atoms with van der Waals surface area (Å²) in [5.74, 6) is 0. The molecule has 0 aliphatic carbocycles. The SMILES string of the molecule is Cc1cccc(NS(=O)(=O)c2ccc(Cl)c(Cl)c2)c1Br. The van der Waals surface area contributed by atoms with E-state index in [4.69, 9.17) is 23.2 Å². The van der Waals surface area contributed by atoms with Crippen LogP contribution in [0.25, 0.3) is 0 Å². The van der Waals surface area contributed by atoms with E-state index in [1.807, 2.05) is 13.0 Å². The summed E-state index contributed by atoms with van der Waals surface area (Å²) in [5.41, 5.74) is 1.40. The van der Waals surface area contributed by atoms with E-state index in [-0.39, 0.29) is 9.92 Å². The molecule has 7 heteroatoms. The number of halogens is 3. The molecule has 0 aliphatic heterocycles. The van der Waals surface area contributed by atoms with Crippen molar-refractivity contribution < 1.29 is 8.42 Å². The monoisotopic (exact) mass is 393 g/mol. The Kier molecular flexibility index (Phi) is 4.64. The molecule has 0 spiro atoms. The first kappa shape index (κ1) is 15.6. The predicted octanol–water partition coefficient (Wildman–Crippen LogP) is 4.87. The Labute approximate surface area is 136 Å². The third-order valence-electron chi connectivity index (χ3n) is 2.64. The molecule has 0 saturated heterocycles. The van der Waals surface area contributed by atoms with Crippen LogP contribution in [0.5, 0.6) is 0 Å². The maximum Gasteiger partial charge on any atom is 0.261 e. The number of hydrogen-bond donors (Lipinski definition) is 1. The fourth-order valence-electron chi connectivity index (χ4n) is 1.57. The second-order valence-corrected chi connectivity index (χ2v) is 7.41. The van der Waals surface area contributed by atoms with Gasteiger partial charge in [0.25, 0.3) is 10.0 Å². The van der Waals surface area contributed by atoms with Gasteiger partial charge in [-0.2, -0.15) is 0 Å². The van der Waals surface area contributed by atoms with Crippen molar-refractivity contribution in [1.82, 2.24) is 0 Å². The zero-order valence-corrected chi connectivity index (χ0v) is 14.2. The Bertz CT molecular complexity index is 763. The average molecular weight is 395 g/mol. The van der Waals surface area contributed by atoms with E-state index in [0.29, 0.717) is 15.2 Å². The summed E-state index contributed by atoms with van der Waals surface area (Å²) in [6.07, 6.45) is 0. The van der Waals surface area contributed by atoms with Gasteiger partial charge in [0.05, 0.1) is 20.6 Å². The zero-order valence-electron chi connectivity index (χ0n) is 10.3. The Balaban J connectivity index is 2.41. The van der Waals surface area contributed by atoms with Crippen molar-refractivity contribution in [2.75, 3.05) is 4.72 Å². The molecule has 2 aromatic carbocycles. The number of hydrogen-bond acceptors (Lipinski definition) is 2. The zero-order chi connectivity index (χ0) is 14.9. The highest BCUT2D eigenvalue weighted by Crippen LogP contribution is 2.29. The maximum absolute atomic E-state index is 12.3. The molecular formula is C13H10BrCl2NO2S. The van der Waals surface area contributed by atoms with E-state index in [0.717, 1.165) is 5.56 Å². The highest BCUT2D eigenvalue weighted by Gasteiger charge is 2.17. The normalized spacial score (nSPS) is 11.4. The summed E-state index contributed by atoms with van der Waals surface area (Å²) in [4.78, 5) is 0.0558. The molecule has 3 nitrogen and oxygen atoms in total. The van der Waals surface area contributed by atoms with Crippen molar-refractivity contribution in [3.8, 4) is 0 Å². The van der Waals surface area contributed by atoms with Crippen LogP contribution in [-0.2, 0) is 10.0 Å². The first-order chi connectivity index (χ1) is 9.31. The molecule has 2 rings (SSSR count). The van der Waals surface area contributed by atoms with Crippen LogP contribution in [0.15, 0.2) is 45.8 Å². The van der Waals surface area contributed by atoms with Gasteiger partial charge in [0, 0.05) is 4.47 Å². The molecule has 0 unspecified atom stereocenters. The summed E-state index contributed by atoms with van der Waals surface area (Å²) in [5, 5.41) is 0.500. The van der Waals surface area contributed by atoms with Crippen LogP contribution in [0.1, 0.15) is 5.56 Å². The van der Waals surface area contributed by atoms with Gasteiger partial charge in [-0.25, -0.2) is 8.42 Å². The number of nitrogens with one attached hydrogen (secondary N) is 1.